The number of nitrogens with one attached hydrogen (secondary N) is 1. The highest BCUT2D eigenvalue weighted by atomic mass is 16.1. The van der Waals surface area contributed by atoms with Gasteiger partial charge in [0.15, 0.2) is 0 Å². The van der Waals surface area contributed by atoms with Crippen LogP contribution in [0.4, 0.5) is 0 Å². The van der Waals surface area contributed by atoms with Gasteiger partial charge in [0, 0.05) is 17.5 Å². The van der Waals surface area contributed by atoms with Crippen molar-refractivity contribution in [2.24, 2.45) is 11.7 Å². The normalized spacial score (nSPS) is 17.9. The van der Waals surface area contributed by atoms with Crippen LogP contribution in [0.5, 0.6) is 0 Å². The van der Waals surface area contributed by atoms with Gasteiger partial charge in [-0.3, -0.25) is 4.79 Å². The third-order valence-corrected chi connectivity index (χ3v) is 3.89. The van der Waals surface area contributed by atoms with Crippen LogP contribution in [0.3, 0.4) is 0 Å². The van der Waals surface area contributed by atoms with E-state index in [9.17, 15) is 4.79 Å². The second-order valence-electron chi connectivity index (χ2n) is 6.62. The average Bonchev–Trinajstić information content (AvgIpc) is 3.08. The Balaban J connectivity index is 1.88. The lowest BCUT2D eigenvalue weighted by molar-refractivity contribution is -0.124. The van der Waals surface area contributed by atoms with Gasteiger partial charge in [-0.2, -0.15) is 0 Å². The van der Waals surface area contributed by atoms with Crippen LogP contribution in [0.2, 0.25) is 0 Å². The van der Waals surface area contributed by atoms with Crippen LogP contribution >= 0.6 is 0 Å². The standard InChI is InChI=1S/C17H26N2O/c1-12(2)19-16(20)13(3)10-14-4-6-15(7-5-14)11-17(18)8-9-17/h4-7,12-13H,8-11,18H2,1-3H3,(H,19,20). The number of nitrogens with two attached hydrogens (primary N) is 1. The van der Waals surface area contributed by atoms with Gasteiger partial charge in [-0.05, 0) is 50.7 Å². The molecule has 1 aliphatic rings. The third kappa shape index (κ3) is 4.34. The average molecular weight is 274 g/mol. The van der Waals surface area contributed by atoms with Crippen LogP contribution in [0.15, 0.2) is 24.3 Å². The van der Waals surface area contributed by atoms with Gasteiger partial charge in [0.05, 0.1) is 0 Å². The van der Waals surface area contributed by atoms with Gasteiger partial charge in [0.1, 0.15) is 0 Å². The molecule has 1 saturated carbocycles. The molecular formula is C17H26N2O. The molecule has 0 aliphatic heterocycles. The van der Waals surface area contributed by atoms with Crippen molar-refractivity contribution >= 4 is 5.91 Å². The Hall–Kier alpha value is -1.35. The maximum Gasteiger partial charge on any atom is 0.223 e. The molecule has 0 saturated heterocycles. The first-order valence-corrected chi connectivity index (χ1v) is 7.55. The topological polar surface area (TPSA) is 55.1 Å². The van der Waals surface area contributed by atoms with Crippen LogP contribution in [0.1, 0.15) is 44.7 Å². The van der Waals surface area contributed by atoms with Gasteiger partial charge in [-0.15, -0.1) is 0 Å². The monoisotopic (exact) mass is 274 g/mol. The molecule has 20 heavy (non-hydrogen) atoms. The van der Waals surface area contributed by atoms with Crippen LogP contribution in [0.25, 0.3) is 0 Å². The number of rotatable bonds is 6. The third-order valence-electron chi connectivity index (χ3n) is 3.89. The Morgan fingerprint density at radius 3 is 2.25 bits per heavy atom. The Kier molecular flexibility index (Phi) is 4.48. The number of carbonyl (C=O) groups excluding carboxylic acids is 1. The number of hydrogen-bond donors (Lipinski definition) is 2. The highest BCUT2D eigenvalue weighted by Gasteiger charge is 2.37. The molecule has 1 aromatic carbocycles. The molecule has 110 valence electrons. The minimum Gasteiger partial charge on any atom is -0.354 e. The lowest BCUT2D eigenvalue weighted by Gasteiger charge is -2.15. The van der Waals surface area contributed by atoms with Gasteiger partial charge < -0.3 is 11.1 Å². The summed E-state index contributed by atoms with van der Waals surface area (Å²) in [5.41, 5.74) is 8.70. The van der Waals surface area contributed by atoms with Crippen LogP contribution in [-0.2, 0) is 17.6 Å². The summed E-state index contributed by atoms with van der Waals surface area (Å²) in [6.45, 7) is 5.95. The number of benzene rings is 1. The zero-order valence-corrected chi connectivity index (χ0v) is 12.8. The first-order chi connectivity index (χ1) is 9.38. The van der Waals surface area contributed by atoms with Gasteiger partial charge in [-0.1, -0.05) is 31.2 Å². The number of amides is 1. The predicted molar refractivity (Wildman–Crippen MR) is 82.4 cm³/mol. The van der Waals surface area contributed by atoms with E-state index in [-0.39, 0.29) is 23.4 Å². The summed E-state index contributed by atoms with van der Waals surface area (Å²) in [7, 11) is 0. The van der Waals surface area contributed by atoms with Crippen molar-refractivity contribution in [2.75, 3.05) is 0 Å². The molecule has 1 unspecified atom stereocenters. The second-order valence-corrected chi connectivity index (χ2v) is 6.62. The van der Waals surface area contributed by atoms with E-state index in [1.54, 1.807) is 0 Å². The molecular weight excluding hydrogens is 248 g/mol. The highest BCUT2D eigenvalue weighted by molar-refractivity contribution is 5.78. The van der Waals surface area contributed by atoms with Crippen molar-refractivity contribution in [3.63, 3.8) is 0 Å². The summed E-state index contributed by atoms with van der Waals surface area (Å²) in [4.78, 5) is 11.9. The van der Waals surface area contributed by atoms with E-state index in [1.165, 1.54) is 11.1 Å². The van der Waals surface area contributed by atoms with E-state index >= 15 is 0 Å². The Labute approximate surface area is 121 Å². The van der Waals surface area contributed by atoms with Crippen molar-refractivity contribution < 1.29 is 4.79 Å². The maximum atomic E-state index is 11.9. The van der Waals surface area contributed by atoms with E-state index < -0.39 is 0 Å². The van der Waals surface area contributed by atoms with Crippen molar-refractivity contribution in [2.45, 2.75) is 58.0 Å². The first-order valence-electron chi connectivity index (χ1n) is 7.55. The molecule has 1 amide bonds. The highest BCUT2D eigenvalue weighted by Crippen LogP contribution is 2.35. The van der Waals surface area contributed by atoms with Crippen LogP contribution in [-0.4, -0.2) is 17.5 Å². The summed E-state index contributed by atoms with van der Waals surface area (Å²) in [6.07, 6.45) is 4.03. The zero-order chi connectivity index (χ0) is 14.8. The molecule has 3 N–H and O–H groups in total. The molecule has 1 fully saturated rings. The SMILES string of the molecule is CC(C)NC(=O)C(C)Cc1ccc(CC2(N)CC2)cc1. The Morgan fingerprint density at radius 2 is 1.75 bits per heavy atom. The summed E-state index contributed by atoms with van der Waals surface area (Å²) in [5.74, 6) is 0.135. The second kappa shape index (κ2) is 5.96. The van der Waals surface area contributed by atoms with Gasteiger partial charge >= 0.3 is 0 Å². The van der Waals surface area contributed by atoms with E-state index in [4.69, 9.17) is 5.73 Å². The summed E-state index contributed by atoms with van der Waals surface area (Å²) in [5, 5.41) is 2.96. The lowest BCUT2D eigenvalue weighted by atomic mass is 9.97. The van der Waals surface area contributed by atoms with Gasteiger partial charge in [0.25, 0.3) is 0 Å². The minimum absolute atomic E-state index is 0.00697. The first kappa shape index (κ1) is 15.0. The Morgan fingerprint density at radius 1 is 1.20 bits per heavy atom. The summed E-state index contributed by atoms with van der Waals surface area (Å²) < 4.78 is 0. The molecule has 0 radical (unpaired) electrons. The minimum atomic E-state index is 0.00697. The summed E-state index contributed by atoms with van der Waals surface area (Å²) >= 11 is 0. The smallest absolute Gasteiger partial charge is 0.223 e. The molecule has 3 nitrogen and oxygen atoms in total. The van der Waals surface area contributed by atoms with Crippen molar-refractivity contribution in [3.8, 4) is 0 Å². The number of hydrogen-bond acceptors (Lipinski definition) is 2. The fourth-order valence-corrected chi connectivity index (χ4v) is 2.41. The fraction of sp³-hybridized carbons (Fsp3) is 0.588. The molecule has 0 heterocycles. The summed E-state index contributed by atoms with van der Waals surface area (Å²) in [6, 6.07) is 8.75. The number of carbonyl (C=O) groups is 1. The predicted octanol–water partition coefficient (Wildman–Crippen LogP) is 2.42. The largest absolute Gasteiger partial charge is 0.354 e. The molecule has 3 heteroatoms. The molecule has 0 spiro atoms. The van der Waals surface area contributed by atoms with Crippen molar-refractivity contribution in [3.05, 3.63) is 35.4 Å². The van der Waals surface area contributed by atoms with Crippen molar-refractivity contribution in [1.82, 2.24) is 5.32 Å². The van der Waals surface area contributed by atoms with Gasteiger partial charge in [-0.25, -0.2) is 0 Å². The van der Waals surface area contributed by atoms with E-state index in [2.05, 4.69) is 29.6 Å². The molecule has 1 atom stereocenters. The zero-order valence-electron chi connectivity index (χ0n) is 12.8. The molecule has 1 aromatic rings. The quantitative estimate of drug-likeness (QED) is 0.837. The maximum absolute atomic E-state index is 11.9. The van der Waals surface area contributed by atoms with E-state index in [0.717, 1.165) is 25.7 Å². The molecule has 0 aromatic heterocycles. The Bertz CT molecular complexity index is 460. The molecule has 0 bridgehead atoms. The van der Waals surface area contributed by atoms with E-state index in [0.29, 0.717) is 0 Å². The van der Waals surface area contributed by atoms with E-state index in [1.807, 2.05) is 20.8 Å². The molecule has 2 rings (SSSR count). The van der Waals surface area contributed by atoms with Gasteiger partial charge in [0.2, 0.25) is 5.91 Å². The molecule has 1 aliphatic carbocycles. The van der Waals surface area contributed by atoms with Crippen molar-refractivity contribution in [1.29, 1.82) is 0 Å². The van der Waals surface area contributed by atoms with Crippen LogP contribution < -0.4 is 11.1 Å². The fourth-order valence-electron chi connectivity index (χ4n) is 2.41. The van der Waals surface area contributed by atoms with Crippen LogP contribution in [0, 0.1) is 5.92 Å². The lowest BCUT2D eigenvalue weighted by Crippen LogP contribution is -2.35.